The number of pyridine rings is 2. The smallest absolute Gasteiger partial charge is 0.227 e. The molecule has 0 radical (unpaired) electrons. The van der Waals surface area contributed by atoms with Crippen molar-refractivity contribution in [2.24, 2.45) is 5.41 Å². The lowest BCUT2D eigenvalue weighted by Gasteiger charge is -2.42. The minimum absolute atomic E-state index is 0.162. The zero-order valence-electron chi connectivity index (χ0n) is 18.1. The Hall–Kier alpha value is -3.05. The van der Waals surface area contributed by atoms with Gasteiger partial charge in [0, 0.05) is 50.0 Å². The number of rotatable bonds is 7. The standard InChI is InChI=1S/C26H30N4O/c1-2-29-25(31)26(12-6-16-30(20-26)19-21-10-14-27-15-11-21)17-22-7-3-4-9-24(22)23-8-5-13-28-18-23/h3-5,7-11,13-15,18H,2,6,12,16-17,19-20H2,1H3,(H,29,31)/t26-/m0/s1. The number of likely N-dealkylation sites (tertiary alicyclic amines) is 1. The van der Waals surface area contributed by atoms with Crippen molar-refractivity contribution in [2.75, 3.05) is 19.6 Å². The number of nitrogens with one attached hydrogen (secondary N) is 1. The maximum Gasteiger partial charge on any atom is 0.227 e. The summed E-state index contributed by atoms with van der Waals surface area (Å²) in [5.74, 6) is 0.162. The average Bonchev–Trinajstić information content (AvgIpc) is 2.81. The van der Waals surface area contributed by atoms with Crippen molar-refractivity contribution in [1.82, 2.24) is 20.2 Å². The number of hydrogen-bond acceptors (Lipinski definition) is 4. The third kappa shape index (κ3) is 5.00. The number of aromatic nitrogens is 2. The lowest BCUT2D eigenvalue weighted by Crippen LogP contribution is -2.53. The van der Waals surface area contributed by atoms with Gasteiger partial charge in [0.05, 0.1) is 5.41 Å². The minimum Gasteiger partial charge on any atom is -0.356 e. The van der Waals surface area contributed by atoms with Crippen LogP contribution in [0.5, 0.6) is 0 Å². The largest absolute Gasteiger partial charge is 0.356 e. The van der Waals surface area contributed by atoms with E-state index in [0.29, 0.717) is 6.54 Å². The maximum absolute atomic E-state index is 13.4. The summed E-state index contributed by atoms with van der Waals surface area (Å²) in [7, 11) is 0. The molecule has 0 aliphatic carbocycles. The number of nitrogens with zero attached hydrogens (tertiary/aromatic N) is 3. The maximum atomic E-state index is 13.4. The molecule has 2 aromatic heterocycles. The summed E-state index contributed by atoms with van der Waals surface area (Å²) in [6.45, 7) is 5.24. The van der Waals surface area contributed by atoms with Crippen LogP contribution in [0.3, 0.4) is 0 Å². The minimum atomic E-state index is -0.445. The van der Waals surface area contributed by atoms with Gasteiger partial charge in [0.15, 0.2) is 0 Å². The van der Waals surface area contributed by atoms with Gasteiger partial charge in [-0.15, -0.1) is 0 Å². The van der Waals surface area contributed by atoms with Gasteiger partial charge in [-0.2, -0.15) is 0 Å². The van der Waals surface area contributed by atoms with Gasteiger partial charge in [-0.1, -0.05) is 30.3 Å². The van der Waals surface area contributed by atoms with Gasteiger partial charge in [-0.25, -0.2) is 0 Å². The van der Waals surface area contributed by atoms with Crippen molar-refractivity contribution in [3.63, 3.8) is 0 Å². The highest BCUT2D eigenvalue weighted by Crippen LogP contribution is 2.37. The molecule has 31 heavy (non-hydrogen) atoms. The van der Waals surface area contributed by atoms with Gasteiger partial charge >= 0.3 is 0 Å². The van der Waals surface area contributed by atoms with Crippen LogP contribution in [-0.2, 0) is 17.8 Å². The predicted octanol–water partition coefficient (Wildman–Crippen LogP) is 4.10. The first-order valence-electron chi connectivity index (χ1n) is 11.1. The fraction of sp³-hybridized carbons (Fsp3) is 0.346. The molecule has 5 heteroatoms. The van der Waals surface area contributed by atoms with Gasteiger partial charge in [0.2, 0.25) is 5.91 Å². The molecule has 1 saturated heterocycles. The molecule has 1 N–H and O–H groups in total. The highest BCUT2D eigenvalue weighted by molar-refractivity contribution is 5.84. The van der Waals surface area contributed by atoms with E-state index in [4.69, 9.17) is 0 Å². The first kappa shape index (κ1) is 21.2. The molecule has 0 bridgehead atoms. The third-order valence-corrected chi connectivity index (χ3v) is 6.15. The number of amides is 1. The zero-order chi connectivity index (χ0) is 21.5. The van der Waals surface area contributed by atoms with Crippen molar-refractivity contribution in [3.05, 3.63) is 84.4 Å². The lowest BCUT2D eigenvalue weighted by molar-refractivity contribution is -0.134. The van der Waals surface area contributed by atoms with Crippen molar-refractivity contribution >= 4 is 5.91 Å². The summed E-state index contributed by atoms with van der Waals surface area (Å²) >= 11 is 0. The average molecular weight is 415 g/mol. The van der Waals surface area contributed by atoms with Crippen molar-refractivity contribution < 1.29 is 4.79 Å². The van der Waals surface area contributed by atoms with Gasteiger partial charge in [-0.3, -0.25) is 19.7 Å². The molecule has 1 fully saturated rings. The Morgan fingerprint density at radius 2 is 1.90 bits per heavy atom. The SMILES string of the molecule is CCNC(=O)[C@]1(Cc2ccccc2-c2cccnc2)CCCN(Cc2ccncc2)C1. The summed E-state index contributed by atoms with van der Waals surface area (Å²) in [5, 5.41) is 3.13. The van der Waals surface area contributed by atoms with Crippen LogP contribution in [0.2, 0.25) is 0 Å². The lowest BCUT2D eigenvalue weighted by atomic mass is 9.73. The van der Waals surface area contributed by atoms with E-state index < -0.39 is 5.41 Å². The summed E-state index contributed by atoms with van der Waals surface area (Å²) < 4.78 is 0. The van der Waals surface area contributed by atoms with Crippen LogP contribution in [0.4, 0.5) is 0 Å². The van der Waals surface area contributed by atoms with Crippen LogP contribution in [0, 0.1) is 5.41 Å². The Kier molecular flexibility index (Phi) is 6.73. The predicted molar refractivity (Wildman–Crippen MR) is 123 cm³/mol. The molecule has 160 valence electrons. The molecule has 1 aliphatic rings. The van der Waals surface area contributed by atoms with Crippen molar-refractivity contribution in [2.45, 2.75) is 32.7 Å². The Bertz CT molecular complexity index is 993. The number of carbonyl (C=O) groups is 1. The van der Waals surface area contributed by atoms with E-state index in [1.807, 2.05) is 31.6 Å². The number of benzene rings is 1. The summed E-state index contributed by atoms with van der Waals surface area (Å²) in [6, 6.07) is 16.6. The summed E-state index contributed by atoms with van der Waals surface area (Å²) in [4.78, 5) is 24.3. The Morgan fingerprint density at radius 1 is 1.06 bits per heavy atom. The van der Waals surface area contributed by atoms with Crippen LogP contribution in [0.15, 0.2) is 73.3 Å². The molecule has 1 amide bonds. The summed E-state index contributed by atoms with van der Waals surface area (Å²) in [6.07, 6.45) is 9.98. The first-order chi connectivity index (χ1) is 15.2. The second-order valence-electron chi connectivity index (χ2n) is 8.39. The Morgan fingerprint density at radius 3 is 2.68 bits per heavy atom. The van der Waals surface area contributed by atoms with Gasteiger partial charge in [0.25, 0.3) is 0 Å². The summed E-state index contributed by atoms with van der Waals surface area (Å²) in [5.41, 5.74) is 4.24. The molecule has 3 heterocycles. The van der Waals surface area contributed by atoms with Crippen LogP contribution in [-0.4, -0.2) is 40.4 Å². The van der Waals surface area contributed by atoms with Crippen LogP contribution < -0.4 is 5.32 Å². The monoisotopic (exact) mass is 414 g/mol. The van der Waals surface area contributed by atoms with Crippen LogP contribution in [0.25, 0.3) is 11.1 Å². The van der Waals surface area contributed by atoms with Gasteiger partial charge in [0.1, 0.15) is 0 Å². The number of piperidine rings is 1. The number of carbonyl (C=O) groups excluding carboxylic acids is 1. The van der Waals surface area contributed by atoms with E-state index >= 15 is 0 Å². The molecule has 5 nitrogen and oxygen atoms in total. The normalized spacial score (nSPS) is 19.1. The fourth-order valence-corrected chi connectivity index (χ4v) is 4.71. The fourth-order valence-electron chi connectivity index (χ4n) is 4.71. The second kappa shape index (κ2) is 9.84. The molecule has 1 aliphatic heterocycles. The molecular weight excluding hydrogens is 384 g/mol. The van der Waals surface area contributed by atoms with Crippen LogP contribution in [0.1, 0.15) is 30.9 Å². The molecule has 0 spiro atoms. The second-order valence-corrected chi connectivity index (χ2v) is 8.39. The van der Waals surface area contributed by atoms with Gasteiger partial charge in [-0.05, 0) is 67.6 Å². The number of hydrogen-bond donors (Lipinski definition) is 1. The highest BCUT2D eigenvalue weighted by atomic mass is 16.2. The molecular formula is C26H30N4O. The molecule has 1 aromatic carbocycles. The Labute approximate surface area is 184 Å². The van der Waals surface area contributed by atoms with E-state index in [9.17, 15) is 4.79 Å². The molecule has 3 aromatic rings. The first-order valence-corrected chi connectivity index (χ1v) is 11.1. The molecule has 1 atom stereocenters. The third-order valence-electron chi connectivity index (χ3n) is 6.15. The van der Waals surface area contributed by atoms with Gasteiger partial charge < -0.3 is 5.32 Å². The quantitative estimate of drug-likeness (QED) is 0.632. The topological polar surface area (TPSA) is 58.1 Å². The van der Waals surface area contributed by atoms with E-state index in [-0.39, 0.29) is 5.91 Å². The van der Waals surface area contributed by atoms with E-state index in [0.717, 1.165) is 50.0 Å². The molecule has 0 unspecified atom stereocenters. The molecule has 4 rings (SSSR count). The van der Waals surface area contributed by atoms with Crippen molar-refractivity contribution in [1.29, 1.82) is 0 Å². The van der Waals surface area contributed by atoms with Crippen molar-refractivity contribution in [3.8, 4) is 11.1 Å². The zero-order valence-corrected chi connectivity index (χ0v) is 18.1. The Balaban J connectivity index is 1.64. The highest BCUT2D eigenvalue weighted by Gasteiger charge is 2.42. The van der Waals surface area contributed by atoms with E-state index in [2.05, 4.69) is 62.6 Å². The van der Waals surface area contributed by atoms with E-state index in [1.54, 1.807) is 6.20 Å². The van der Waals surface area contributed by atoms with E-state index in [1.165, 1.54) is 11.1 Å². The molecule has 0 saturated carbocycles. The van der Waals surface area contributed by atoms with Crippen LogP contribution >= 0.6 is 0 Å².